The van der Waals surface area contributed by atoms with Crippen LogP contribution in [0, 0.1) is 0 Å². The van der Waals surface area contributed by atoms with Gasteiger partial charge in [-0.3, -0.25) is 0 Å². The van der Waals surface area contributed by atoms with Crippen molar-refractivity contribution in [3.05, 3.63) is 34.9 Å². The summed E-state index contributed by atoms with van der Waals surface area (Å²) >= 11 is 6.10. The highest BCUT2D eigenvalue weighted by atomic mass is 35.5. The Morgan fingerprint density at radius 1 is 1.05 bits per heavy atom. The van der Waals surface area contributed by atoms with Crippen LogP contribution in [0.15, 0.2) is 24.3 Å². The van der Waals surface area contributed by atoms with E-state index in [4.69, 9.17) is 11.6 Å². The molecular weight excluding hydrogens is 256 g/mol. The van der Waals surface area contributed by atoms with Gasteiger partial charge in [0.2, 0.25) is 0 Å². The van der Waals surface area contributed by atoms with E-state index in [1.165, 1.54) is 57.4 Å². The summed E-state index contributed by atoms with van der Waals surface area (Å²) in [5.74, 6) is 0.705. The molecule has 2 nitrogen and oxygen atoms in total. The van der Waals surface area contributed by atoms with Gasteiger partial charge in [0.05, 0.1) is 0 Å². The molecule has 104 valence electrons. The van der Waals surface area contributed by atoms with E-state index in [9.17, 15) is 0 Å². The lowest BCUT2D eigenvalue weighted by atomic mass is 9.88. The summed E-state index contributed by atoms with van der Waals surface area (Å²) in [6.45, 7) is 4.89. The maximum Gasteiger partial charge on any atom is 0.0408 e. The summed E-state index contributed by atoms with van der Waals surface area (Å²) < 4.78 is 0. The first-order valence-corrected chi connectivity index (χ1v) is 7.91. The highest BCUT2D eigenvalue weighted by Gasteiger charge is 2.26. The summed E-state index contributed by atoms with van der Waals surface area (Å²) in [6, 6.07) is 9.25. The molecule has 3 heteroatoms. The number of nitrogens with one attached hydrogen (secondary N) is 1. The first-order chi connectivity index (χ1) is 9.33. The number of hydrogen-bond acceptors (Lipinski definition) is 2. The highest BCUT2D eigenvalue weighted by Crippen LogP contribution is 2.31. The Kier molecular flexibility index (Phi) is 4.42. The molecule has 2 heterocycles. The Hall–Kier alpha value is -0.570. The molecule has 2 aliphatic heterocycles. The second-order valence-electron chi connectivity index (χ2n) is 5.85. The molecule has 0 spiro atoms. The number of benzene rings is 1. The lowest BCUT2D eigenvalue weighted by molar-refractivity contribution is 0.127. The van der Waals surface area contributed by atoms with Crippen molar-refractivity contribution in [2.45, 2.75) is 37.6 Å². The second-order valence-corrected chi connectivity index (χ2v) is 6.28. The fraction of sp³-hybridized carbons (Fsp3) is 0.625. The molecule has 0 radical (unpaired) electrons. The Morgan fingerprint density at radius 2 is 1.79 bits per heavy atom. The third-order valence-corrected chi connectivity index (χ3v) is 4.91. The lowest BCUT2D eigenvalue weighted by Crippen LogP contribution is -2.46. The topological polar surface area (TPSA) is 15.3 Å². The van der Waals surface area contributed by atoms with Gasteiger partial charge in [-0.2, -0.15) is 0 Å². The third-order valence-electron chi connectivity index (χ3n) is 4.67. The van der Waals surface area contributed by atoms with Gasteiger partial charge in [0.15, 0.2) is 0 Å². The van der Waals surface area contributed by atoms with E-state index in [1.54, 1.807) is 0 Å². The van der Waals surface area contributed by atoms with Crippen LogP contribution in [-0.4, -0.2) is 37.1 Å². The minimum Gasteiger partial charge on any atom is -0.317 e. The standard InChI is InChI=1S/C16H23ClN2/c17-15-3-1-2-14(12-15)13-6-10-19(11-7-13)16-4-8-18-9-5-16/h1-3,12-13,16,18H,4-11H2. The Morgan fingerprint density at radius 3 is 2.47 bits per heavy atom. The van der Waals surface area contributed by atoms with Crippen molar-refractivity contribution in [1.29, 1.82) is 0 Å². The van der Waals surface area contributed by atoms with Gasteiger partial charge in [0.1, 0.15) is 0 Å². The average molecular weight is 279 g/mol. The fourth-order valence-corrected chi connectivity index (χ4v) is 3.73. The largest absolute Gasteiger partial charge is 0.317 e. The number of hydrogen-bond donors (Lipinski definition) is 1. The molecule has 3 rings (SSSR count). The molecule has 1 N–H and O–H groups in total. The van der Waals surface area contributed by atoms with E-state index in [1.807, 2.05) is 6.07 Å². The van der Waals surface area contributed by atoms with Gasteiger partial charge in [-0.1, -0.05) is 23.7 Å². The molecule has 1 aromatic carbocycles. The third kappa shape index (κ3) is 3.31. The fourth-order valence-electron chi connectivity index (χ4n) is 3.53. The molecular formula is C16H23ClN2. The summed E-state index contributed by atoms with van der Waals surface area (Å²) in [5, 5.41) is 4.33. The van der Waals surface area contributed by atoms with E-state index in [-0.39, 0.29) is 0 Å². The molecule has 0 aromatic heterocycles. The van der Waals surface area contributed by atoms with E-state index in [0.29, 0.717) is 5.92 Å². The number of halogens is 1. The van der Waals surface area contributed by atoms with Crippen LogP contribution in [0.25, 0.3) is 0 Å². The molecule has 0 aliphatic carbocycles. The molecule has 2 fully saturated rings. The predicted molar refractivity (Wildman–Crippen MR) is 80.9 cm³/mol. The Bertz CT molecular complexity index is 407. The highest BCUT2D eigenvalue weighted by molar-refractivity contribution is 6.30. The molecule has 0 bridgehead atoms. The van der Waals surface area contributed by atoms with Gasteiger partial charge >= 0.3 is 0 Å². The zero-order valence-corrected chi connectivity index (χ0v) is 12.2. The van der Waals surface area contributed by atoms with E-state index in [0.717, 1.165) is 11.1 Å². The van der Waals surface area contributed by atoms with Crippen molar-refractivity contribution in [3.63, 3.8) is 0 Å². The van der Waals surface area contributed by atoms with Gasteiger partial charge in [0.25, 0.3) is 0 Å². The first-order valence-electron chi connectivity index (χ1n) is 7.53. The number of rotatable bonds is 2. The molecule has 1 aromatic rings. The second kappa shape index (κ2) is 6.25. The molecule has 2 saturated heterocycles. The van der Waals surface area contributed by atoms with Crippen LogP contribution in [0.4, 0.5) is 0 Å². The number of nitrogens with zero attached hydrogens (tertiary/aromatic N) is 1. The minimum atomic E-state index is 0.705. The van der Waals surface area contributed by atoms with Crippen molar-refractivity contribution in [3.8, 4) is 0 Å². The lowest BCUT2D eigenvalue weighted by Gasteiger charge is -2.39. The van der Waals surface area contributed by atoms with Gasteiger partial charge < -0.3 is 10.2 Å². The predicted octanol–water partition coefficient (Wildman–Crippen LogP) is 3.27. The minimum absolute atomic E-state index is 0.705. The summed E-state index contributed by atoms with van der Waals surface area (Å²) in [4.78, 5) is 2.71. The molecule has 0 unspecified atom stereocenters. The maximum atomic E-state index is 6.10. The maximum absolute atomic E-state index is 6.10. The number of piperidine rings is 2. The van der Waals surface area contributed by atoms with Crippen LogP contribution >= 0.6 is 11.6 Å². The van der Waals surface area contributed by atoms with Gasteiger partial charge in [-0.05, 0) is 75.5 Å². The number of likely N-dealkylation sites (tertiary alicyclic amines) is 1. The Balaban J connectivity index is 1.57. The molecule has 2 aliphatic rings. The van der Waals surface area contributed by atoms with E-state index in [2.05, 4.69) is 28.4 Å². The van der Waals surface area contributed by atoms with Crippen molar-refractivity contribution >= 4 is 11.6 Å². The first kappa shape index (κ1) is 13.4. The molecule has 0 atom stereocenters. The van der Waals surface area contributed by atoms with Crippen molar-refractivity contribution in [1.82, 2.24) is 10.2 Å². The zero-order chi connectivity index (χ0) is 13.1. The summed E-state index contributed by atoms with van der Waals surface area (Å²) in [6.07, 6.45) is 5.21. The van der Waals surface area contributed by atoms with E-state index < -0.39 is 0 Å². The van der Waals surface area contributed by atoms with Crippen molar-refractivity contribution < 1.29 is 0 Å². The average Bonchev–Trinajstić information content (AvgIpc) is 2.48. The van der Waals surface area contributed by atoms with Crippen molar-refractivity contribution in [2.75, 3.05) is 26.2 Å². The van der Waals surface area contributed by atoms with Crippen LogP contribution < -0.4 is 5.32 Å². The zero-order valence-electron chi connectivity index (χ0n) is 11.4. The SMILES string of the molecule is Clc1cccc(C2CCN(C3CCNCC3)CC2)c1. The molecule has 0 amide bonds. The monoisotopic (exact) mass is 278 g/mol. The quantitative estimate of drug-likeness (QED) is 0.893. The van der Waals surface area contributed by atoms with Crippen LogP contribution in [0.2, 0.25) is 5.02 Å². The van der Waals surface area contributed by atoms with Gasteiger partial charge in [0, 0.05) is 11.1 Å². The van der Waals surface area contributed by atoms with Crippen LogP contribution in [0.3, 0.4) is 0 Å². The van der Waals surface area contributed by atoms with Crippen molar-refractivity contribution in [2.24, 2.45) is 0 Å². The van der Waals surface area contributed by atoms with Crippen LogP contribution in [0.1, 0.15) is 37.2 Å². The van der Waals surface area contributed by atoms with E-state index >= 15 is 0 Å². The molecule has 19 heavy (non-hydrogen) atoms. The summed E-state index contributed by atoms with van der Waals surface area (Å²) in [7, 11) is 0. The van der Waals surface area contributed by atoms with Gasteiger partial charge in [-0.25, -0.2) is 0 Å². The Labute approximate surface area is 121 Å². The van der Waals surface area contributed by atoms with Crippen LogP contribution in [-0.2, 0) is 0 Å². The van der Waals surface area contributed by atoms with Crippen LogP contribution in [0.5, 0.6) is 0 Å². The normalized spacial score (nSPS) is 23.6. The molecule has 0 saturated carbocycles. The summed E-state index contributed by atoms with van der Waals surface area (Å²) in [5.41, 5.74) is 1.43. The van der Waals surface area contributed by atoms with Gasteiger partial charge in [-0.15, -0.1) is 0 Å². The smallest absolute Gasteiger partial charge is 0.0408 e.